The molecular weight excluding hydrogens is 386 g/mol. The van der Waals surface area contributed by atoms with Crippen molar-refractivity contribution in [2.75, 3.05) is 42.3 Å². The maximum absolute atomic E-state index is 12.6. The molecular formula is C25H29N5O. The van der Waals surface area contributed by atoms with E-state index in [0.29, 0.717) is 5.56 Å². The van der Waals surface area contributed by atoms with Crippen LogP contribution in [0.1, 0.15) is 36.0 Å². The van der Waals surface area contributed by atoms with Crippen molar-refractivity contribution >= 4 is 23.1 Å². The second-order valence-electron chi connectivity index (χ2n) is 8.15. The number of rotatable bonds is 5. The lowest BCUT2D eigenvalue weighted by molar-refractivity contribution is 0.102. The molecule has 6 nitrogen and oxygen atoms in total. The van der Waals surface area contributed by atoms with Crippen molar-refractivity contribution in [1.82, 2.24) is 10.2 Å². The summed E-state index contributed by atoms with van der Waals surface area (Å²) in [6.07, 6.45) is 5.03. The number of aromatic nitrogens is 2. The van der Waals surface area contributed by atoms with Gasteiger partial charge in [0.1, 0.15) is 0 Å². The number of anilines is 3. The smallest absolute Gasteiger partial charge is 0.255 e. The van der Waals surface area contributed by atoms with E-state index in [4.69, 9.17) is 0 Å². The molecule has 3 aromatic rings. The summed E-state index contributed by atoms with van der Waals surface area (Å²) >= 11 is 0. The molecule has 0 radical (unpaired) electrons. The first kappa shape index (κ1) is 20.8. The summed E-state index contributed by atoms with van der Waals surface area (Å²) < 4.78 is 0. The Bertz CT molecular complexity index is 1010. The van der Waals surface area contributed by atoms with E-state index in [2.05, 4.69) is 26.5 Å². The van der Waals surface area contributed by atoms with Gasteiger partial charge in [-0.3, -0.25) is 4.79 Å². The van der Waals surface area contributed by atoms with E-state index in [-0.39, 0.29) is 5.91 Å². The Morgan fingerprint density at radius 1 is 0.903 bits per heavy atom. The van der Waals surface area contributed by atoms with Crippen molar-refractivity contribution < 1.29 is 4.79 Å². The first-order valence-electron chi connectivity index (χ1n) is 10.9. The summed E-state index contributed by atoms with van der Waals surface area (Å²) in [5.74, 6) is 0.826. The van der Waals surface area contributed by atoms with Crippen LogP contribution in [-0.2, 0) is 0 Å². The quantitative estimate of drug-likeness (QED) is 0.646. The van der Waals surface area contributed by atoms with Crippen LogP contribution in [0.2, 0.25) is 0 Å². The van der Waals surface area contributed by atoms with Crippen molar-refractivity contribution in [3.8, 4) is 11.3 Å². The van der Waals surface area contributed by atoms with Crippen molar-refractivity contribution in [2.45, 2.75) is 25.7 Å². The third-order valence-electron chi connectivity index (χ3n) is 5.64. The SMILES string of the molecule is CN(C)c1cccc(C(=O)Nc2ccc(-c3ccc(N4CCCCCC4)nn3)cc2)c1. The summed E-state index contributed by atoms with van der Waals surface area (Å²) in [6, 6.07) is 19.4. The molecule has 6 heteroatoms. The highest BCUT2D eigenvalue weighted by Gasteiger charge is 2.12. The maximum atomic E-state index is 12.6. The van der Waals surface area contributed by atoms with Gasteiger partial charge >= 0.3 is 0 Å². The van der Waals surface area contributed by atoms with Crippen LogP contribution in [0, 0.1) is 0 Å². The molecule has 1 aliphatic heterocycles. The topological polar surface area (TPSA) is 61.4 Å². The Kier molecular flexibility index (Phi) is 6.46. The number of hydrogen-bond acceptors (Lipinski definition) is 5. The van der Waals surface area contributed by atoms with Gasteiger partial charge in [0.05, 0.1) is 5.69 Å². The van der Waals surface area contributed by atoms with Crippen LogP contribution in [-0.4, -0.2) is 43.3 Å². The number of carbonyl (C=O) groups is 1. The first-order valence-corrected chi connectivity index (χ1v) is 10.9. The number of amides is 1. The fraction of sp³-hybridized carbons (Fsp3) is 0.320. The van der Waals surface area contributed by atoms with Crippen LogP contribution in [0.15, 0.2) is 60.7 Å². The fourth-order valence-electron chi connectivity index (χ4n) is 3.80. The Labute approximate surface area is 183 Å². The van der Waals surface area contributed by atoms with Gasteiger partial charge in [-0.15, -0.1) is 10.2 Å². The molecule has 1 amide bonds. The highest BCUT2D eigenvalue weighted by atomic mass is 16.1. The second-order valence-corrected chi connectivity index (χ2v) is 8.15. The van der Waals surface area contributed by atoms with E-state index in [1.54, 1.807) is 0 Å². The number of hydrogen-bond donors (Lipinski definition) is 1. The predicted molar refractivity (Wildman–Crippen MR) is 127 cm³/mol. The Morgan fingerprint density at radius 3 is 2.29 bits per heavy atom. The minimum absolute atomic E-state index is 0.127. The van der Waals surface area contributed by atoms with Gasteiger partial charge in [-0.2, -0.15) is 0 Å². The molecule has 2 heterocycles. The summed E-state index contributed by atoms with van der Waals surface area (Å²) in [5.41, 5.74) is 4.17. The van der Waals surface area contributed by atoms with Gasteiger partial charge in [-0.1, -0.05) is 31.0 Å². The van der Waals surface area contributed by atoms with E-state index >= 15 is 0 Å². The van der Waals surface area contributed by atoms with E-state index in [0.717, 1.165) is 41.5 Å². The molecule has 1 fully saturated rings. The molecule has 1 saturated heterocycles. The van der Waals surface area contributed by atoms with E-state index in [1.165, 1.54) is 25.7 Å². The Hall–Kier alpha value is -3.41. The van der Waals surface area contributed by atoms with Crippen LogP contribution >= 0.6 is 0 Å². The van der Waals surface area contributed by atoms with Gasteiger partial charge < -0.3 is 15.1 Å². The Morgan fingerprint density at radius 2 is 1.65 bits per heavy atom. The van der Waals surface area contributed by atoms with Crippen molar-refractivity contribution in [3.05, 3.63) is 66.2 Å². The first-order chi connectivity index (χ1) is 15.1. The molecule has 0 bridgehead atoms. The largest absolute Gasteiger partial charge is 0.378 e. The lowest BCUT2D eigenvalue weighted by Gasteiger charge is -2.20. The monoisotopic (exact) mass is 415 g/mol. The summed E-state index contributed by atoms with van der Waals surface area (Å²) in [4.78, 5) is 16.9. The standard InChI is InChI=1S/C25H29N5O/c1-29(2)22-9-7-8-20(18-22)25(31)26-21-12-10-19(11-13-21)23-14-15-24(28-27-23)30-16-5-3-4-6-17-30/h7-15,18H,3-6,16-17H2,1-2H3,(H,26,31). The molecule has 1 N–H and O–H groups in total. The van der Waals surface area contributed by atoms with Crippen LogP contribution in [0.25, 0.3) is 11.3 Å². The molecule has 0 aliphatic carbocycles. The zero-order chi connectivity index (χ0) is 21.6. The van der Waals surface area contributed by atoms with Crippen LogP contribution in [0.4, 0.5) is 17.2 Å². The maximum Gasteiger partial charge on any atom is 0.255 e. The third kappa shape index (κ3) is 5.20. The van der Waals surface area contributed by atoms with Crippen molar-refractivity contribution in [2.24, 2.45) is 0 Å². The summed E-state index contributed by atoms with van der Waals surface area (Å²) in [6.45, 7) is 2.11. The van der Waals surface area contributed by atoms with Crippen molar-refractivity contribution in [1.29, 1.82) is 0 Å². The van der Waals surface area contributed by atoms with Gasteiger partial charge in [0, 0.05) is 49.7 Å². The number of nitrogens with zero attached hydrogens (tertiary/aromatic N) is 4. The van der Waals surface area contributed by atoms with Crippen LogP contribution in [0.5, 0.6) is 0 Å². The fourth-order valence-corrected chi connectivity index (χ4v) is 3.80. The van der Waals surface area contributed by atoms with E-state index < -0.39 is 0 Å². The molecule has 160 valence electrons. The van der Waals surface area contributed by atoms with Gasteiger partial charge in [-0.05, 0) is 55.3 Å². The molecule has 0 unspecified atom stereocenters. The summed E-state index contributed by atoms with van der Waals surface area (Å²) in [7, 11) is 3.91. The van der Waals surface area contributed by atoms with Gasteiger partial charge in [0.25, 0.3) is 5.91 Å². The molecule has 4 rings (SSSR count). The lowest BCUT2D eigenvalue weighted by Crippen LogP contribution is -2.25. The Balaban J connectivity index is 1.42. The number of carbonyl (C=O) groups excluding carboxylic acids is 1. The van der Waals surface area contributed by atoms with Gasteiger partial charge in [0.2, 0.25) is 0 Å². The zero-order valence-electron chi connectivity index (χ0n) is 18.2. The van der Waals surface area contributed by atoms with Crippen LogP contribution < -0.4 is 15.1 Å². The molecule has 0 spiro atoms. The molecule has 1 aliphatic rings. The normalized spacial score (nSPS) is 14.1. The average Bonchev–Trinajstić information content (AvgIpc) is 3.09. The van der Waals surface area contributed by atoms with Crippen molar-refractivity contribution in [3.63, 3.8) is 0 Å². The van der Waals surface area contributed by atoms with Gasteiger partial charge in [-0.25, -0.2) is 0 Å². The minimum Gasteiger partial charge on any atom is -0.378 e. The van der Waals surface area contributed by atoms with E-state index in [1.807, 2.05) is 73.6 Å². The average molecular weight is 416 g/mol. The molecule has 0 atom stereocenters. The molecule has 0 saturated carbocycles. The zero-order valence-corrected chi connectivity index (χ0v) is 18.2. The van der Waals surface area contributed by atoms with Crippen LogP contribution in [0.3, 0.4) is 0 Å². The lowest BCUT2D eigenvalue weighted by atomic mass is 10.1. The highest BCUT2D eigenvalue weighted by molar-refractivity contribution is 6.04. The second kappa shape index (κ2) is 9.60. The molecule has 2 aromatic carbocycles. The number of nitrogens with one attached hydrogen (secondary N) is 1. The molecule has 1 aromatic heterocycles. The number of benzene rings is 2. The third-order valence-corrected chi connectivity index (χ3v) is 5.64. The predicted octanol–water partition coefficient (Wildman–Crippen LogP) is 4.84. The van der Waals surface area contributed by atoms with E-state index in [9.17, 15) is 4.79 Å². The summed E-state index contributed by atoms with van der Waals surface area (Å²) in [5, 5.41) is 11.9. The minimum atomic E-state index is -0.127. The molecule has 31 heavy (non-hydrogen) atoms. The highest BCUT2D eigenvalue weighted by Crippen LogP contribution is 2.23. The van der Waals surface area contributed by atoms with Gasteiger partial charge in [0.15, 0.2) is 5.82 Å².